The molecular weight excluding hydrogens is 865 g/mol. The molecule has 3 heteroatoms. The van der Waals surface area contributed by atoms with Crippen LogP contribution in [0.4, 0.5) is 34.1 Å². The fourth-order valence-corrected chi connectivity index (χ4v) is 12.8. The number of anilines is 6. The first-order valence-electron chi connectivity index (χ1n) is 24.6. The quantitative estimate of drug-likeness (QED) is 0.135. The Balaban J connectivity index is 1.10. The molecule has 0 aliphatic heterocycles. The number of thiophene rings is 1. The van der Waals surface area contributed by atoms with Crippen molar-refractivity contribution in [3.63, 3.8) is 0 Å². The lowest BCUT2D eigenvalue weighted by Crippen LogP contribution is -2.23. The van der Waals surface area contributed by atoms with Gasteiger partial charge in [-0.05, 0) is 140 Å². The summed E-state index contributed by atoms with van der Waals surface area (Å²) in [5.41, 5.74) is 17.0. The molecule has 0 atom stereocenters. The molecule has 11 aromatic carbocycles. The van der Waals surface area contributed by atoms with Crippen LogP contribution in [0.3, 0.4) is 0 Å². The van der Waals surface area contributed by atoms with Crippen LogP contribution in [0, 0.1) is 0 Å². The number of benzene rings is 11. The van der Waals surface area contributed by atoms with Crippen LogP contribution in [0.25, 0.3) is 75.1 Å². The Kier molecular flexibility index (Phi) is 10.2. The summed E-state index contributed by atoms with van der Waals surface area (Å²) in [5, 5.41) is 7.47. The molecule has 0 fully saturated rings. The van der Waals surface area contributed by atoms with Gasteiger partial charge < -0.3 is 9.80 Å². The molecule has 0 N–H and O–H groups in total. The fourth-order valence-electron chi connectivity index (χ4n) is 11.6. The van der Waals surface area contributed by atoms with Crippen molar-refractivity contribution in [3.05, 3.63) is 254 Å². The van der Waals surface area contributed by atoms with E-state index >= 15 is 0 Å². The Morgan fingerprint density at radius 3 is 1.46 bits per heavy atom. The van der Waals surface area contributed by atoms with Crippen molar-refractivity contribution in [1.82, 2.24) is 0 Å². The van der Waals surface area contributed by atoms with Crippen LogP contribution in [0.2, 0.25) is 0 Å². The Labute approximate surface area is 414 Å². The van der Waals surface area contributed by atoms with Crippen LogP contribution in [0.1, 0.15) is 37.8 Å². The molecule has 0 unspecified atom stereocenters. The third-order valence-corrected chi connectivity index (χ3v) is 16.2. The smallest absolute Gasteiger partial charge is 0.0721 e. The van der Waals surface area contributed by atoms with Gasteiger partial charge in [-0.15, -0.1) is 11.3 Å². The van der Waals surface area contributed by atoms with Gasteiger partial charge in [-0.25, -0.2) is 0 Å². The minimum absolute atomic E-state index is 0.138. The topological polar surface area (TPSA) is 6.48 Å². The maximum absolute atomic E-state index is 2.59. The predicted molar refractivity (Wildman–Crippen MR) is 301 cm³/mol. The normalized spacial score (nSPS) is 12.7. The van der Waals surface area contributed by atoms with Gasteiger partial charge in [0.15, 0.2) is 0 Å². The van der Waals surface area contributed by atoms with Crippen molar-refractivity contribution in [2.45, 2.75) is 32.1 Å². The standard InChI is InChI=1S/C67H50N2S/c1-3-67(4-2)61-32-16-15-31-59(61)64-62(67)44-60-58-38-37-57(68(55-35-33-47-23-11-13-25-49(47)41-55)53-29-17-27-51(39-53)45-19-7-5-8-20-45)43-63(58)70-66(60)65(64)69(56-36-34-48-24-12-14-26-50(48)42-56)54-30-18-28-52(40-54)46-21-9-6-10-22-46/h5-44H,3-4H2,1-2H3. The third kappa shape index (κ3) is 6.83. The largest absolute Gasteiger partial charge is 0.310 e. The third-order valence-electron chi connectivity index (χ3n) is 15.0. The van der Waals surface area contributed by atoms with Gasteiger partial charge in [0.05, 0.1) is 10.4 Å². The van der Waals surface area contributed by atoms with Crippen LogP contribution in [-0.4, -0.2) is 0 Å². The number of hydrogen-bond acceptors (Lipinski definition) is 3. The lowest BCUT2D eigenvalue weighted by Gasteiger charge is -2.32. The van der Waals surface area contributed by atoms with Crippen molar-refractivity contribution in [3.8, 4) is 33.4 Å². The van der Waals surface area contributed by atoms with E-state index in [0.717, 1.165) is 41.3 Å². The average Bonchev–Trinajstić information content (AvgIpc) is 3.94. The van der Waals surface area contributed by atoms with Crippen LogP contribution >= 0.6 is 11.3 Å². The van der Waals surface area contributed by atoms with Gasteiger partial charge in [-0.3, -0.25) is 0 Å². The Morgan fingerprint density at radius 2 is 0.843 bits per heavy atom. The van der Waals surface area contributed by atoms with Gasteiger partial charge in [0.1, 0.15) is 0 Å². The minimum atomic E-state index is -0.138. The van der Waals surface area contributed by atoms with E-state index in [1.54, 1.807) is 0 Å². The molecule has 334 valence electrons. The minimum Gasteiger partial charge on any atom is -0.310 e. The summed E-state index contributed by atoms with van der Waals surface area (Å²) in [4.78, 5) is 5.03. The lowest BCUT2D eigenvalue weighted by molar-refractivity contribution is 0.491. The zero-order valence-corrected chi connectivity index (χ0v) is 40.1. The molecule has 0 spiro atoms. The molecule has 13 rings (SSSR count). The molecule has 1 heterocycles. The Bertz CT molecular complexity index is 3940. The molecule has 1 aromatic heterocycles. The highest BCUT2D eigenvalue weighted by Crippen LogP contribution is 2.61. The van der Waals surface area contributed by atoms with Gasteiger partial charge >= 0.3 is 0 Å². The lowest BCUT2D eigenvalue weighted by atomic mass is 9.73. The van der Waals surface area contributed by atoms with E-state index in [1.165, 1.54) is 91.9 Å². The molecular formula is C67H50N2S. The summed E-state index contributed by atoms with van der Waals surface area (Å²) in [6.45, 7) is 4.77. The maximum atomic E-state index is 2.59. The van der Waals surface area contributed by atoms with Gasteiger partial charge in [-0.2, -0.15) is 0 Å². The number of nitrogens with zero attached hydrogens (tertiary/aromatic N) is 2. The zero-order valence-electron chi connectivity index (χ0n) is 39.3. The van der Waals surface area contributed by atoms with E-state index in [0.29, 0.717) is 0 Å². The highest BCUT2D eigenvalue weighted by atomic mass is 32.1. The van der Waals surface area contributed by atoms with Crippen LogP contribution in [0.5, 0.6) is 0 Å². The van der Waals surface area contributed by atoms with Crippen molar-refractivity contribution in [2.24, 2.45) is 0 Å². The zero-order chi connectivity index (χ0) is 46.8. The molecule has 0 radical (unpaired) electrons. The van der Waals surface area contributed by atoms with Gasteiger partial charge in [0.2, 0.25) is 0 Å². The number of fused-ring (bicyclic) bond motifs is 8. The van der Waals surface area contributed by atoms with Crippen molar-refractivity contribution >= 4 is 87.2 Å². The second-order valence-electron chi connectivity index (χ2n) is 18.7. The monoisotopic (exact) mass is 914 g/mol. The van der Waals surface area contributed by atoms with Gasteiger partial charge in [0.25, 0.3) is 0 Å². The SMILES string of the molecule is CCC1(CC)c2ccccc2-c2c1cc1c(sc3cc(N(c4cccc(-c5ccccc5)c4)c4ccc5ccccc5c4)ccc31)c2N(c1cccc(-c2ccccc2)c1)c1ccc2ccccc2c1. The predicted octanol–water partition coefficient (Wildman–Crippen LogP) is 19.7. The molecule has 70 heavy (non-hydrogen) atoms. The molecule has 1 aliphatic rings. The van der Waals surface area contributed by atoms with E-state index in [-0.39, 0.29) is 5.41 Å². The second kappa shape index (κ2) is 17.1. The summed E-state index contributed by atoms with van der Waals surface area (Å²) in [7, 11) is 0. The summed E-state index contributed by atoms with van der Waals surface area (Å²) < 4.78 is 2.54. The molecule has 0 saturated carbocycles. The fraction of sp³-hybridized carbons (Fsp3) is 0.0746. The first-order chi connectivity index (χ1) is 34.6. The first-order valence-corrected chi connectivity index (χ1v) is 25.4. The molecule has 0 bridgehead atoms. The molecule has 2 nitrogen and oxygen atoms in total. The Hall–Kier alpha value is -8.24. The molecule has 0 amide bonds. The second-order valence-corrected chi connectivity index (χ2v) is 19.8. The van der Waals surface area contributed by atoms with E-state index in [4.69, 9.17) is 0 Å². The van der Waals surface area contributed by atoms with E-state index in [9.17, 15) is 0 Å². The van der Waals surface area contributed by atoms with Crippen molar-refractivity contribution < 1.29 is 0 Å². The van der Waals surface area contributed by atoms with Crippen LogP contribution < -0.4 is 9.80 Å². The highest BCUT2D eigenvalue weighted by Gasteiger charge is 2.43. The Morgan fingerprint density at radius 1 is 0.357 bits per heavy atom. The summed E-state index contributed by atoms with van der Waals surface area (Å²) >= 11 is 1.92. The van der Waals surface area contributed by atoms with Crippen LogP contribution in [-0.2, 0) is 5.41 Å². The average molecular weight is 915 g/mol. The maximum Gasteiger partial charge on any atom is 0.0721 e. The molecule has 1 aliphatic carbocycles. The molecule has 12 aromatic rings. The van der Waals surface area contributed by atoms with Gasteiger partial charge in [0, 0.05) is 54.9 Å². The first kappa shape index (κ1) is 41.9. The summed E-state index contributed by atoms with van der Waals surface area (Å²) in [5.74, 6) is 0. The molecule has 0 saturated heterocycles. The number of rotatable bonds is 10. The summed E-state index contributed by atoms with van der Waals surface area (Å²) in [6.07, 6.45) is 2.01. The van der Waals surface area contributed by atoms with E-state index in [2.05, 4.69) is 266 Å². The van der Waals surface area contributed by atoms with Crippen molar-refractivity contribution in [2.75, 3.05) is 9.80 Å². The van der Waals surface area contributed by atoms with Gasteiger partial charge in [-0.1, -0.05) is 190 Å². The number of hydrogen-bond donors (Lipinski definition) is 0. The summed E-state index contributed by atoms with van der Waals surface area (Å²) in [6, 6.07) is 90.0. The van der Waals surface area contributed by atoms with E-state index < -0.39 is 0 Å². The van der Waals surface area contributed by atoms with Crippen molar-refractivity contribution in [1.29, 1.82) is 0 Å². The highest BCUT2D eigenvalue weighted by molar-refractivity contribution is 7.26. The van der Waals surface area contributed by atoms with Crippen LogP contribution in [0.15, 0.2) is 243 Å². The van der Waals surface area contributed by atoms with E-state index in [1.807, 2.05) is 11.3 Å².